The third kappa shape index (κ3) is 8.94. The van der Waals surface area contributed by atoms with E-state index < -0.39 is 0 Å². The summed E-state index contributed by atoms with van der Waals surface area (Å²) >= 11 is 0. The molecule has 0 amide bonds. The van der Waals surface area contributed by atoms with Gasteiger partial charge in [-0.2, -0.15) is 0 Å². The van der Waals surface area contributed by atoms with Crippen molar-refractivity contribution in [3.8, 4) is 11.5 Å². The molecule has 2 N–H and O–H groups in total. The predicted octanol–water partition coefficient (Wildman–Crippen LogP) is 3.95. The van der Waals surface area contributed by atoms with Crippen LogP contribution in [0.3, 0.4) is 0 Å². The van der Waals surface area contributed by atoms with Crippen molar-refractivity contribution in [2.75, 3.05) is 39.4 Å². The van der Waals surface area contributed by atoms with Crippen molar-refractivity contribution in [1.82, 2.24) is 10.1 Å². The van der Waals surface area contributed by atoms with Crippen LogP contribution >= 0.6 is 0 Å². The SMILES string of the molecule is CB(O)N1CCC[C@@H](COc2ccccc2)C1.c1ccc(OC[C@@H]2CCCNC2)cc1. The van der Waals surface area contributed by atoms with Crippen LogP contribution < -0.4 is 14.8 Å². The summed E-state index contributed by atoms with van der Waals surface area (Å²) in [5, 5.41) is 13.0. The van der Waals surface area contributed by atoms with Gasteiger partial charge in [-0.25, -0.2) is 0 Å². The van der Waals surface area contributed by atoms with Crippen molar-refractivity contribution in [3.63, 3.8) is 0 Å². The van der Waals surface area contributed by atoms with Crippen LogP contribution in [0.15, 0.2) is 60.7 Å². The molecule has 31 heavy (non-hydrogen) atoms. The standard InChI is InChI=1S/C13H20BNO2.C12H17NO/c1-14(16)15-9-5-6-12(10-15)11-17-13-7-3-2-4-8-13;1-2-6-12(7-3-1)14-10-11-5-4-8-13-9-11/h2-4,7-8,12,16H,5-6,9-11H2,1H3;1-3,6-7,11,13H,4-5,8-10H2/t12-;11-/m11/s1. The molecule has 2 fully saturated rings. The zero-order valence-corrected chi connectivity index (χ0v) is 18.8. The fourth-order valence-electron chi connectivity index (χ4n) is 4.10. The highest BCUT2D eigenvalue weighted by Crippen LogP contribution is 2.19. The second kappa shape index (κ2) is 13.4. The van der Waals surface area contributed by atoms with Gasteiger partial charge in [-0.3, -0.25) is 0 Å². The van der Waals surface area contributed by atoms with Crippen molar-refractivity contribution in [2.45, 2.75) is 32.5 Å². The Bertz CT molecular complexity index is 711. The molecule has 0 aromatic heterocycles. The lowest BCUT2D eigenvalue weighted by atomic mass is 9.81. The second-order valence-electron chi connectivity index (χ2n) is 8.60. The number of nitrogens with zero attached hydrogens (tertiary/aromatic N) is 1. The van der Waals surface area contributed by atoms with Crippen molar-refractivity contribution in [2.24, 2.45) is 11.8 Å². The average molecular weight is 424 g/mol. The van der Waals surface area contributed by atoms with Crippen molar-refractivity contribution in [1.29, 1.82) is 0 Å². The summed E-state index contributed by atoms with van der Waals surface area (Å²) in [5.41, 5.74) is 0. The average Bonchev–Trinajstić information content (AvgIpc) is 2.84. The normalized spacial score (nSPS) is 21.5. The predicted molar refractivity (Wildman–Crippen MR) is 128 cm³/mol. The van der Waals surface area contributed by atoms with Crippen LogP contribution in [0.5, 0.6) is 11.5 Å². The first-order chi connectivity index (χ1) is 15.2. The molecule has 2 atom stereocenters. The summed E-state index contributed by atoms with van der Waals surface area (Å²) in [4.78, 5) is 2.11. The highest BCUT2D eigenvalue weighted by atomic mass is 16.5. The minimum atomic E-state index is -0.338. The zero-order chi connectivity index (χ0) is 21.7. The van der Waals surface area contributed by atoms with Gasteiger partial charge in [0.25, 0.3) is 0 Å². The summed E-state index contributed by atoms with van der Waals surface area (Å²) < 4.78 is 11.5. The van der Waals surface area contributed by atoms with E-state index in [2.05, 4.69) is 10.1 Å². The van der Waals surface area contributed by atoms with Crippen LogP contribution in [0, 0.1) is 11.8 Å². The van der Waals surface area contributed by atoms with Crippen LogP contribution in [-0.4, -0.2) is 56.3 Å². The van der Waals surface area contributed by atoms with Crippen LogP contribution in [0.1, 0.15) is 25.7 Å². The van der Waals surface area contributed by atoms with Crippen LogP contribution in [0.25, 0.3) is 0 Å². The summed E-state index contributed by atoms with van der Waals surface area (Å²) in [6.07, 6.45) is 4.91. The van der Waals surface area contributed by atoms with Gasteiger partial charge in [-0.15, -0.1) is 0 Å². The minimum Gasteiger partial charge on any atom is -0.493 e. The van der Waals surface area contributed by atoms with E-state index in [1.165, 1.54) is 25.8 Å². The van der Waals surface area contributed by atoms with E-state index >= 15 is 0 Å². The van der Waals surface area contributed by atoms with Crippen molar-refractivity contribution in [3.05, 3.63) is 60.7 Å². The maximum Gasteiger partial charge on any atom is 0.376 e. The topological polar surface area (TPSA) is 54.0 Å². The molecule has 0 unspecified atom stereocenters. The number of rotatable bonds is 7. The van der Waals surface area contributed by atoms with Gasteiger partial charge >= 0.3 is 7.05 Å². The summed E-state index contributed by atoms with van der Waals surface area (Å²) in [6, 6.07) is 20.0. The van der Waals surface area contributed by atoms with Gasteiger partial charge in [0.2, 0.25) is 0 Å². The number of nitrogens with one attached hydrogen (secondary N) is 1. The first kappa shape index (κ1) is 23.6. The van der Waals surface area contributed by atoms with Gasteiger partial charge in [0.15, 0.2) is 0 Å². The van der Waals surface area contributed by atoms with Gasteiger partial charge in [0.1, 0.15) is 11.5 Å². The molecule has 2 aliphatic rings. The monoisotopic (exact) mass is 424 g/mol. The Morgan fingerprint density at radius 1 is 0.903 bits per heavy atom. The third-order valence-corrected chi connectivity index (χ3v) is 5.94. The Kier molecular flexibility index (Phi) is 10.2. The maximum absolute atomic E-state index is 9.57. The van der Waals surface area contributed by atoms with E-state index in [1.54, 1.807) is 0 Å². The van der Waals surface area contributed by atoms with Crippen molar-refractivity contribution < 1.29 is 14.5 Å². The van der Waals surface area contributed by atoms with E-state index in [0.29, 0.717) is 11.8 Å². The van der Waals surface area contributed by atoms with Gasteiger partial charge in [0, 0.05) is 18.4 Å². The Morgan fingerprint density at radius 2 is 1.48 bits per heavy atom. The molecule has 0 bridgehead atoms. The Balaban J connectivity index is 0.000000179. The second-order valence-corrected chi connectivity index (χ2v) is 8.60. The Hall–Kier alpha value is -2.02. The van der Waals surface area contributed by atoms with E-state index in [-0.39, 0.29) is 7.05 Å². The molecule has 0 radical (unpaired) electrons. The van der Waals surface area contributed by atoms with E-state index in [1.807, 2.05) is 67.5 Å². The largest absolute Gasteiger partial charge is 0.493 e. The lowest BCUT2D eigenvalue weighted by Gasteiger charge is -2.33. The van der Waals surface area contributed by atoms with E-state index in [0.717, 1.165) is 50.8 Å². The molecule has 0 spiro atoms. The van der Waals surface area contributed by atoms with E-state index in [9.17, 15) is 5.02 Å². The molecule has 5 nitrogen and oxygen atoms in total. The van der Waals surface area contributed by atoms with Gasteiger partial charge in [0.05, 0.1) is 13.2 Å². The Morgan fingerprint density at radius 3 is 2.03 bits per heavy atom. The number of benzene rings is 2. The van der Waals surface area contributed by atoms with Gasteiger partial charge < -0.3 is 24.6 Å². The zero-order valence-electron chi connectivity index (χ0n) is 18.8. The smallest absolute Gasteiger partial charge is 0.376 e. The van der Waals surface area contributed by atoms with Crippen LogP contribution in [0.4, 0.5) is 0 Å². The highest BCUT2D eigenvalue weighted by Gasteiger charge is 2.25. The quantitative estimate of drug-likeness (QED) is 0.660. The number of hydrogen-bond acceptors (Lipinski definition) is 5. The number of ether oxygens (including phenoxy) is 2. The van der Waals surface area contributed by atoms with E-state index in [4.69, 9.17) is 9.47 Å². The van der Waals surface area contributed by atoms with Crippen LogP contribution in [-0.2, 0) is 0 Å². The summed E-state index contributed by atoms with van der Waals surface area (Å²) in [5.74, 6) is 3.13. The van der Waals surface area contributed by atoms with Gasteiger partial charge in [-0.1, -0.05) is 36.4 Å². The number of para-hydroxylation sites is 2. The first-order valence-corrected chi connectivity index (χ1v) is 11.7. The molecule has 168 valence electrons. The molecule has 2 heterocycles. The van der Waals surface area contributed by atoms with Gasteiger partial charge in [-0.05, 0) is 76.4 Å². The molecular formula is C25H37BN2O3. The Labute approximate surface area is 187 Å². The lowest BCUT2D eigenvalue weighted by molar-refractivity contribution is 0.170. The fourth-order valence-corrected chi connectivity index (χ4v) is 4.10. The molecule has 2 saturated heterocycles. The molecule has 4 rings (SSSR count). The maximum atomic E-state index is 9.57. The van der Waals surface area contributed by atoms with Crippen LogP contribution in [0.2, 0.25) is 6.82 Å². The minimum absolute atomic E-state index is 0.338. The molecular weight excluding hydrogens is 387 g/mol. The lowest BCUT2D eigenvalue weighted by Crippen LogP contribution is -2.45. The highest BCUT2D eigenvalue weighted by molar-refractivity contribution is 6.45. The molecule has 2 aromatic rings. The summed E-state index contributed by atoms with van der Waals surface area (Å²) in [7, 11) is -0.338. The molecule has 0 aliphatic carbocycles. The number of piperidine rings is 2. The molecule has 2 aromatic carbocycles. The third-order valence-electron chi connectivity index (χ3n) is 5.94. The first-order valence-electron chi connectivity index (χ1n) is 11.7. The molecule has 0 saturated carbocycles. The fraction of sp³-hybridized carbons (Fsp3) is 0.520. The molecule has 6 heteroatoms. The molecule has 2 aliphatic heterocycles. The summed E-state index contributed by atoms with van der Waals surface area (Å²) in [6.45, 7) is 7.63. The van der Waals surface area contributed by atoms with Crippen molar-refractivity contribution >= 4 is 7.05 Å². The number of hydrogen-bond donors (Lipinski definition) is 2.